The number of anilines is 2. The minimum atomic E-state index is -1.17. The minimum absolute atomic E-state index is 0.00509. The van der Waals surface area contributed by atoms with Crippen LogP contribution in [0.5, 0.6) is 17.2 Å². The van der Waals surface area contributed by atoms with Gasteiger partial charge in [-0.2, -0.15) is 4.37 Å². The maximum absolute atomic E-state index is 14.1. The first-order valence-corrected chi connectivity index (χ1v) is 12.7. The molecule has 0 spiro atoms. The molecular weight excluding hydrogens is 510 g/mol. The fourth-order valence-electron chi connectivity index (χ4n) is 4.52. The molecule has 3 aromatic rings. The van der Waals surface area contributed by atoms with Gasteiger partial charge in [-0.15, -0.1) is 0 Å². The van der Waals surface area contributed by atoms with Crippen molar-refractivity contribution in [1.82, 2.24) is 9.69 Å². The number of nitrogens with two attached hydrogens (primary N) is 2. The quantitative estimate of drug-likeness (QED) is 0.321. The summed E-state index contributed by atoms with van der Waals surface area (Å²) < 4.78 is 14.8. The van der Waals surface area contributed by atoms with Crippen molar-refractivity contribution in [2.24, 2.45) is 5.73 Å². The minimum Gasteiger partial charge on any atom is -0.508 e. The van der Waals surface area contributed by atoms with E-state index in [1.807, 2.05) is 0 Å². The Labute approximate surface area is 223 Å². The molecule has 1 atom stereocenters. The third kappa shape index (κ3) is 5.35. The van der Waals surface area contributed by atoms with E-state index in [0.29, 0.717) is 22.7 Å². The second-order valence-corrected chi connectivity index (χ2v) is 9.61. The van der Waals surface area contributed by atoms with E-state index < -0.39 is 23.8 Å². The zero-order valence-electron chi connectivity index (χ0n) is 21.0. The number of phenols is 1. The lowest BCUT2D eigenvalue weighted by atomic mass is 10.0. The SMILES string of the molecule is COc1ccc(N(C(=O)c2snc(C(N)=O)c2N)[C@@H](C(=O)NC2CCCC2)c2ccc(O)cc2)cc1OC. The van der Waals surface area contributed by atoms with Gasteiger partial charge in [-0.3, -0.25) is 19.3 Å². The Morgan fingerprint density at radius 2 is 1.74 bits per heavy atom. The Hall–Kier alpha value is -4.32. The summed E-state index contributed by atoms with van der Waals surface area (Å²) >= 11 is 0.718. The summed E-state index contributed by atoms with van der Waals surface area (Å²) in [5.41, 5.74) is 11.8. The van der Waals surface area contributed by atoms with E-state index in [0.717, 1.165) is 37.2 Å². The van der Waals surface area contributed by atoms with Crippen LogP contribution < -0.4 is 31.2 Å². The molecule has 1 aliphatic carbocycles. The number of ether oxygens (including phenoxy) is 2. The molecule has 0 radical (unpaired) electrons. The van der Waals surface area contributed by atoms with Gasteiger partial charge in [0, 0.05) is 17.8 Å². The second-order valence-electron chi connectivity index (χ2n) is 8.84. The molecule has 1 heterocycles. The van der Waals surface area contributed by atoms with Gasteiger partial charge >= 0.3 is 0 Å². The zero-order chi connectivity index (χ0) is 27.4. The number of hydrogen-bond donors (Lipinski definition) is 4. The van der Waals surface area contributed by atoms with Crippen LogP contribution in [0, 0.1) is 0 Å². The Bertz CT molecular complexity index is 1340. The molecule has 0 unspecified atom stereocenters. The zero-order valence-corrected chi connectivity index (χ0v) is 21.8. The number of hydrogen-bond acceptors (Lipinski definition) is 9. The molecule has 1 saturated carbocycles. The normalized spacial score (nSPS) is 14.1. The fourth-order valence-corrected chi connectivity index (χ4v) is 5.26. The Morgan fingerprint density at radius 1 is 1.08 bits per heavy atom. The van der Waals surface area contributed by atoms with Gasteiger partial charge in [0.05, 0.1) is 19.9 Å². The van der Waals surface area contributed by atoms with Crippen molar-refractivity contribution in [2.75, 3.05) is 24.9 Å². The molecule has 12 heteroatoms. The van der Waals surface area contributed by atoms with Gasteiger partial charge in [0.1, 0.15) is 16.7 Å². The molecule has 2 aromatic carbocycles. The predicted molar refractivity (Wildman–Crippen MR) is 143 cm³/mol. The van der Waals surface area contributed by atoms with Crippen molar-refractivity contribution in [1.29, 1.82) is 0 Å². The average Bonchev–Trinajstić information content (AvgIpc) is 3.56. The van der Waals surface area contributed by atoms with E-state index in [4.69, 9.17) is 20.9 Å². The maximum atomic E-state index is 14.1. The summed E-state index contributed by atoms with van der Waals surface area (Å²) in [5, 5.41) is 13.0. The van der Waals surface area contributed by atoms with E-state index in [-0.39, 0.29) is 28.0 Å². The number of nitrogens with one attached hydrogen (secondary N) is 1. The summed E-state index contributed by atoms with van der Waals surface area (Å²) in [6.07, 6.45) is 3.67. The van der Waals surface area contributed by atoms with Crippen LogP contribution >= 0.6 is 11.5 Å². The molecule has 3 amide bonds. The van der Waals surface area contributed by atoms with Gasteiger partial charge in [0.2, 0.25) is 5.91 Å². The van der Waals surface area contributed by atoms with Crippen LogP contribution in [0.2, 0.25) is 0 Å². The van der Waals surface area contributed by atoms with Gasteiger partial charge in [0.15, 0.2) is 17.2 Å². The fraction of sp³-hybridized carbons (Fsp3) is 0.308. The number of carbonyl (C=O) groups excluding carboxylic acids is 3. The molecule has 4 rings (SSSR count). The molecule has 11 nitrogen and oxygen atoms in total. The number of carbonyl (C=O) groups is 3. The number of amides is 3. The standard InChI is InChI=1S/C26H29N5O6S/c1-36-18-12-9-16(13-19(18)37-2)31(26(35)23-20(27)21(24(28)33)30-38-23)22(14-7-10-17(32)11-8-14)25(34)29-15-5-3-4-6-15/h7-13,15,22,32H,3-6,27H2,1-2H3,(H2,28,33)(H,29,34)/t22-/m1/s1. The van der Waals surface area contributed by atoms with Crippen LogP contribution in [-0.2, 0) is 4.79 Å². The van der Waals surface area contributed by atoms with Crippen molar-refractivity contribution in [2.45, 2.75) is 37.8 Å². The Morgan fingerprint density at radius 3 is 2.32 bits per heavy atom. The highest BCUT2D eigenvalue weighted by molar-refractivity contribution is 7.09. The van der Waals surface area contributed by atoms with E-state index in [9.17, 15) is 19.5 Å². The van der Waals surface area contributed by atoms with Crippen LogP contribution in [0.25, 0.3) is 0 Å². The van der Waals surface area contributed by atoms with Crippen LogP contribution in [-0.4, -0.2) is 47.5 Å². The predicted octanol–water partition coefficient (Wildman–Crippen LogP) is 2.99. The van der Waals surface area contributed by atoms with Gasteiger partial charge in [-0.05, 0) is 54.2 Å². The number of phenolic OH excluding ortho intramolecular Hbond substituents is 1. The van der Waals surface area contributed by atoms with Crippen LogP contribution in [0.3, 0.4) is 0 Å². The van der Waals surface area contributed by atoms with Crippen molar-refractivity contribution < 1.29 is 29.0 Å². The highest BCUT2D eigenvalue weighted by Gasteiger charge is 2.37. The van der Waals surface area contributed by atoms with E-state index >= 15 is 0 Å². The van der Waals surface area contributed by atoms with Crippen molar-refractivity contribution in [3.05, 3.63) is 58.6 Å². The lowest BCUT2D eigenvalue weighted by Crippen LogP contribution is -2.46. The van der Waals surface area contributed by atoms with Crippen LogP contribution in [0.1, 0.15) is 57.4 Å². The summed E-state index contributed by atoms with van der Waals surface area (Å²) in [5.74, 6) is -1.19. The average molecular weight is 540 g/mol. The van der Waals surface area contributed by atoms with Crippen molar-refractivity contribution in [3.63, 3.8) is 0 Å². The number of nitrogen functional groups attached to an aromatic ring is 1. The second kappa shape index (κ2) is 11.4. The molecule has 200 valence electrons. The van der Waals surface area contributed by atoms with Gasteiger partial charge in [-0.1, -0.05) is 25.0 Å². The molecule has 6 N–H and O–H groups in total. The molecule has 1 aromatic heterocycles. The first kappa shape index (κ1) is 26.7. The molecule has 0 aliphatic heterocycles. The molecular formula is C26H29N5O6S. The van der Waals surface area contributed by atoms with E-state index in [1.165, 1.54) is 31.3 Å². The smallest absolute Gasteiger partial charge is 0.273 e. The van der Waals surface area contributed by atoms with Gasteiger partial charge in [-0.25, -0.2) is 0 Å². The largest absolute Gasteiger partial charge is 0.508 e. The first-order chi connectivity index (χ1) is 18.2. The lowest BCUT2D eigenvalue weighted by molar-refractivity contribution is -0.123. The summed E-state index contributed by atoms with van der Waals surface area (Å²) in [7, 11) is 2.94. The third-order valence-corrected chi connectivity index (χ3v) is 7.29. The lowest BCUT2D eigenvalue weighted by Gasteiger charge is -2.32. The van der Waals surface area contributed by atoms with Crippen molar-refractivity contribution in [3.8, 4) is 17.2 Å². The number of aromatic hydroxyl groups is 1. The number of nitrogens with zero attached hydrogens (tertiary/aromatic N) is 2. The van der Waals surface area contributed by atoms with E-state index in [2.05, 4.69) is 9.69 Å². The van der Waals surface area contributed by atoms with E-state index in [1.54, 1.807) is 30.3 Å². The molecule has 38 heavy (non-hydrogen) atoms. The number of rotatable bonds is 9. The first-order valence-electron chi connectivity index (χ1n) is 11.9. The summed E-state index contributed by atoms with van der Waals surface area (Å²) in [6, 6.07) is 9.62. The number of aromatic nitrogens is 1. The number of methoxy groups -OCH3 is 2. The van der Waals surface area contributed by atoms with Crippen LogP contribution in [0.15, 0.2) is 42.5 Å². The Kier molecular flexibility index (Phi) is 8.01. The molecule has 1 aliphatic rings. The summed E-state index contributed by atoms with van der Waals surface area (Å²) in [6.45, 7) is 0. The maximum Gasteiger partial charge on any atom is 0.273 e. The molecule has 0 saturated heterocycles. The molecule has 0 bridgehead atoms. The highest BCUT2D eigenvalue weighted by Crippen LogP contribution is 2.38. The van der Waals surface area contributed by atoms with Crippen molar-refractivity contribution >= 4 is 40.6 Å². The number of primary amides is 1. The van der Waals surface area contributed by atoms with Crippen LogP contribution in [0.4, 0.5) is 11.4 Å². The monoisotopic (exact) mass is 539 g/mol. The Balaban J connectivity index is 1.89. The third-order valence-electron chi connectivity index (χ3n) is 6.44. The summed E-state index contributed by atoms with van der Waals surface area (Å²) in [4.78, 5) is 41.0. The number of benzene rings is 2. The molecule has 1 fully saturated rings. The topological polar surface area (TPSA) is 170 Å². The van der Waals surface area contributed by atoms with Gasteiger partial charge < -0.3 is 31.4 Å². The highest BCUT2D eigenvalue weighted by atomic mass is 32.1. The van der Waals surface area contributed by atoms with Gasteiger partial charge in [0.25, 0.3) is 11.8 Å².